The van der Waals surface area contributed by atoms with Gasteiger partial charge in [0, 0.05) is 6.42 Å². The summed E-state index contributed by atoms with van der Waals surface area (Å²) in [6, 6.07) is 0. The standard InChI is InChI=1S/C26H38O4/c1-19(14-16-22(25(29)30)12-7-13-24(27)28)9-6-10-20(2)15-17-23-21(3)11-8-18-26(23,4)5/h6,9-10,14-15,17,22H,7-8,11-13,16,18H2,1-5H3,(H,27,28)(H,29,30)/b9-6?,17-15?,19-14?,20-10-. The Balaban J connectivity index is 2.66. The highest BCUT2D eigenvalue weighted by atomic mass is 16.4. The van der Waals surface area contributed by atoms with E-state index in [9.17, 15) is 14.7 Å². The molecule has 1 rings (SSSR count). The van der Waals surface area contributed by atoms with Crippen molar-refractivity contribution in [2.75, 3.05) is 0 Å². The average molecular weight is 415 g/mol. The molecule has 0 saturated heterocycles. The summed E-state index contributed by atoms with van der Waals surface area (Å²) >= 11 is 0. The van der Waals surface area contributed by atoms with E-state index in [1.807, 2.05) is 25.2 Å². The molecule has 166 valence electrons. The first-order chi connectivity index (χ1) is 14.0. The highest BCUT2D eigenvalue weighted by Gasteiger charge is 2.26. The van der Waals surface area contributed by atoms with Gasteiger partial charge in [0.05, 0.1) is 5.92 Å². The Kier molecular flexibility index (Phi) is 10.6. The number of carboxylic acids is 2. The smallest absolute Gasteiger partial charge is 0.306 e. The molecular weight excluding hydrogens is 376 g/mol. The summed E-state index contributed by atoms with van der Waals surface area (Å²) in [7, 11) is 0. The van der Waals surface area contributed by atoms with E-state index in [2.05, 4.69) is 45.9 Å². The second kappa shape index (κ2) is 12.4. The first-order valence-corrected chi connectivity index (χ1v) is 10.9. The molecule has 0 saturated carbocycles. The minimum absolute atomic E-state index is 0.0115. The molecule has 0 aromatic rings. The van der Waals surface area contributed by atoms with Crippen molar-refractivity contribution in [3.05, 3.63) is 58.7 Å². The van der Waals surface area contributed by atoms with E-state index in [0.717, 1.165) is 11.1 Å². The topological polar surface area (TPSA) is 74.6 Å². The average Bonchev–Trinajstić information content (AvgIpc) is 2.63. The van der Waals surface area contributed by atoms with E-state index in [1.54, 1.807) is 0 Å². The lowest BCUT2D eigenvalue weighted by molar-refractivity contribution is -0.143. The molecule has 0 aromatic carbocycles. The molecule has 1 atom stereocenters. The van der Waals surface area contributed by atoms with Crippen LogP contribution >= 0.6 is 0 Å². The zero-order valence-electron chi connectivity index (χ0n) is 19.2. The summed E-state index contributed by atoms with van der Waals surface area (Å²) in [4.78, 5) is 21.9. The van der Waals surface area contributed by atoms with Gasteiger partial charge in [-0.15, -0.1) is 0 Å². The number of hydrogen-bond donors (Lipinski definition) is 2. The van der Waals surface area contributed by atoms with Crippen molar-refractivity contribution in [1.29, 1.82) is 0 Å². The molecule has 30 heavy (non-hydrogen) atoms. The number of rotatable bonds is 11. The predicted molar refractivity (Wildman–Crippen MR) is 123 cm³/mol. The monoisotopic (exact) mass is 414 g/mol. The second-order valence-electron chi connectivity index (χ2n) is 9.04. The number of aliphatic carboxylic acids is 2. The third-order valence-electron chi connectivity index (χ3n) is 5.79. The lowest BCUT2D eigenvalue weighted by Gasteiger charge is -2.32. The van der Waals surface area contributed by atoms with Gasteiger partial charge in [-0.3, -0.25) is 9.59 Å². The molecule has 1 aliphatic rings. The van der Waals surface area contributed by atoms with E-state index in [4.69, 9.17) is 5.11 Å². The Labute approximate surface area is 181 Å². The summed E-state index contributed by atoms with van der Waals surface area (Å²) in [6.45, 7) is 10.9. The fourth-order valence-electron chi connectivity index (χ4n) is 3.87. The van der Waals surface area contributed by atoms with Crippen LogP contribution in [-0.2, 0) is 9.59 Å². The summed E-state index contributed by atoms with van der Waals surface area (Å²) in [5.41, 5.74) is 5.33. The second-order valence-corrected chi connectivity index (χ2v) is 9.04. The SMILES string of the molecule is CC(C=C/C=C(/C)C=CC1=C(C)CCCC1(C)C)=CCC(CCCC(=O)O)C(=O)O. The lowest BCUT2D eigenvalue weighted by atomic mass is 9.72. The van der Waals surface area contributed by atoms with Crippen molar-refractivity contribution >= 4 is 11.9 Å². The summed E-state index contributed by atoms with van der Waals surface area (Å²) < 4.78 is 0. The van der Waals surface area contributed by atoms with Crippen molar-refractivity contribution < 1.29 is 19.8 Å². The van der Waals surface area contributed by atoms with Crippen LogP contribution in [0.3, 0.4) is 0 Å². The quantitative estimate of drug-likeness (QED) is 0.362. The van der Waals surface area contributed by atoms with E-state index >= 15 is 0 Å². The zero-order chi connectivity index (χ0) is 22.7. The molecule has 1 unspecified atom stereocenters. The molecule has 0 aliphatic heterocycles. The van der Waals surface area contributed by atoms with Crippen molar-refractivity contribution in [3.63, 3.8) is 0 Å². The fourth-order valence-corrected chi connectivity index (χ4v) is 3.87. The van der Waals surface area contributed by atoms with Gasteiger partial charge in [-0.05, 0) is 70.3 Å². The zero-order valence-corrected chi connectivity index (χ0v) is 19.2. The molecule has 4 heteroatoms. The predicted octanol–water partition coefficient (Wildman–Crippen LogP) is 6.86. The van der Waals surface area contributed by atoms with Crippen molar-refractivity contribution in [2.45, 2.75) is 79.6 Å². The molecule has 0 fully saturated rings. The van der Waals surface area contributed by atoms with Crippen LogP contribution in [-0.4, -0.2) is 22.2 Å². The Morgan fingerprint density at radius 2 is 1.83 bits per heavy atom. The van der Waals surface area contributed by atoms with Gasteiger partial charge in [-0.1, -0.05) is 67.0 Å². The maximum absolute atomic E-state index is 11.3. The summed E-state index contributed by atoms with van der Waals surface area (Å²) in [6.07, 6.45) is 17.2. The molecule has 0 spiro atoms. The van der Waals surface area contributed by atoms with Crippen LogP contribution in [0.4, 0.5) is 0 Å². The number of hydrogen-bond acceptors (Lipinski definition) is 2. The third kappa shape index (κ3) is 9.43. The molecule has 1 aliphatic carbocycles. The molecule has 0 radical (unpaired) electrons. The number of carboxylic acid groups (broad SMARTS) is 2. The molecule has 0 aromatic heterocycles. The van der Waals surface area contributed by atoms with Crippen molar-refractivity contribution in [2.24, 2.45) is 11.3 Å². The minimum Gasteiger partial charge on any atom is -0.481 e. The van der Waals surface area contributed by atoms with Gasteiger partial charge in [0.25, 0.3) is 0 Å². The molecule has 2 N–H and O–H groups in total. The van der Waals surface area contributed by atoms with Gasteiger partial charge in [-0.25, -0.2) is 0 Å². The van der Waals surface area contributed by atoms with Crippen LogP contribution < -0.4 is 0 Å². The fraction of sp³-hybridized carbons (Fsp3) is 0.538. The van der Waals surface area contributed by atoms with Gasteiger partial charge < -0.3 is 10.2 Å². The molecule has 0 bridgehead atoms. The van der Waals surface area contributed by atoms with Gasteiger partial charge >= 0.3 is 11.9 Å². The van der Waals surface area contributed by atoms with Crippen LogP contribution in [0.1, 0.15) is 79.6 Å². The summed E-state index contributed by atoms with van der Waals surface area (Å²) in [5.74, 6) is -2.30. The Morgan fingerprint density at radius 1 is 1.13 bits per heavy atom. The van der Waals surface area contributed by atoms with Crippen LogP contribution in [0.25, 0.3) is 0 Å². The maximum atomic E-state index is 11.3. The van der Waals surface area contributed by atoms with Gasteiger partial charge in [0.15, 0.2) is 0 Å². The highest BCUT2D eigenvalue weighted by molar-refractivity contribution is 5.70. The minimum atomic E-state index is -0.886. The molecule has 0 amide bonds. The summed E-state index contributed by atoms with van der Waals surface area (Å²) in [5, 5.41) is 18.0. The third-order valence-corrected chi connectivity index (χ3v) is 5.79. The first-order valence-electron chi connectivity index (χ1n) is 10.9. The van der Waals surface area contributed by atoms with Crippen LogP contribution in [0.2, 0.25) is 0 Å². The van der Waals surface area contributed by atoms with Crippen LogP contribution in [0, 0.1) is 11.3 Å². The van der Waals surface area contributed by atoms with Gasteiger partial charge in [0.1, 0.15) is 0 Å². The van der Waals surface area contributed by atoms with Crippen molar-refractivity contribution in [1.82, 2.24) is 0 Å². The molecule has 4 nitrogen and oxygen atoms in total. The first kappa shape index (κ1) is 25.7. The number of allylic oxidation sites excluding steroid dienone is 10. The Bertz CT molecular complexity index is 760. The van der Waals surface area contributed by atoms with E-state index in [1.165, 1.54) is 30.4 Å². The van der Waals surface area contributed by atoms with Crippen LogP contribution in [0.15, 0.2) is 58.7 Å². The van der Waals surface area contributed by atoms with Gasteiger partial charge in [-0.2, -0.15) is 0 Å². The van der Waals surface area contributed by atoms with Crippen LogP contribution in [0.5, 0.6) is 0 Å². The normalized spacial score (nSPS) is 19.0. The number of carbonyl (C=O) groups is 2. The van der Waals surface area contributed by atoms with Crippen molar-refractivity contribution in [3.8, 4) is 0 Å². The Hall–Kier alpha value is -2.36. The Morgan fingerprint density at radius 3 is 2.43 bits per heavy atom. The van der Waals surface area contributed by atoms with Gasteiger partial charge in [0.2, 0.25) is 0 Å². The molecular formula is C26H38O4. The van der Waals surface area contributed by atoms with E-state index in [-0.39, 0.29) is 11.8 Å². The largest absolute Gasteiger partial charge is 0.481 e. The van der Waals surface area contributed by atoms with E-state index < -0.39 is 17.9 Å². The molecule has 0 heterocycles. The maximum Gasteiger partial charge on any atom is 0.306 e. The highest BCUT2D eigenvalue weighted by Crippen LogP contribution is 2.40. The van der Waals surface area contributed by atoms with E-state index in [0.29, 0.717) is 19.3 Å². The lowest BCUT2D eigenvalue weighted by Crippen LogP contribution is -2.19.